The second-order valence-corrected chi connectivity index (χ2v) is 6.04. The van der Waals surface area contributed by atoms with Gasteiger partial charge < -0.3 is 10.4 Å². The van der Waals surface area contributed by atoms with Gasteiger partial charge in [0.1, 0.15) is 0 Å². The summed E-state index contributed by atoms with van der Waals surface area (Å²) >= 11 is 0. The van der Waals surface area contributed by atoms with Crippen molar-refractivity contribution in [1.29, 1.82) is 0 Å². The topological polar surface area (TPSA) is 32.3 Å². The van der Waals surface area contributed by atoms with E-state index in [-0.39, 0.29) is 6.61 Å². The molecule has 1 saturated carbocycles. The molecular weight excluding hydrogens is 258 g/mol. The van der Waals surface area contributed by atoms with Gasteiger partial charge in [0, 0.05) is 12.3 Å². The predicted octanol–water partition coefficient (Wildman–Crippen LogP) is 4.09. The molecule has 1 atom stereocenters. The van der Waals surface area contributed by atoms with Gasteiger partial charge in [-0.2, -0.15) is 0 Å². The first-order chi connectivity index (χ1) is 10.3. The summed E-state index contributed by atoms with van der Waals surface area (Å²) in [4.78, 5) is 0. The third kappa shape index (κ3) is 3.64. The van der Waals surface area contributed by atoms with Crippen LogP contribution in [-0.4, -0.2) is 11.7 Å². The molecule has 21 heavy (non-hydrogen) atoms. The predicted molar refractivity (Wildman–Crippen MR) is 87.5 cm³/mol. The Balaban J connectivity index is 1.74. The van der Waals surface area contributed by atoms with E-state index in [0.717, 1.165) is 18.0 Å². The van der Waals surface area contributed by atoms with Crippen LogP contribution in [0.4, 0.5) is 5.69 Å². The minimum Gasteiger partial charge on any atom is -0.396 e. The van der Waals surface area contributed by atoms with Crippen LogP contribution in [0.5, 0.6) is 0 Å². The van der Waals surface area contributed by atoms with E-state index in [1.54, 1.807) is 0 Å². The fourth-order valence-electron chi connectivity index (χ4n) is 2.75. The zero-order chi connectivity index (χ0) is 14.7. The summed E-state index contributed by atoms with van der Waals surface area (Å²) in [6, 6.07) is 17.7. The second-order valence-electron chi connectivity index (χ2n) is 6.04. The number of aliphatic hydroxyl groups is 1. The number of anilines is 1. The smallest absolute Gasteiger partial charge is 0.0542 e. The minimum atomic E-state index is 0.209. The number of benzene rings is 2. The summed E-state index contributed by atoms with van der Waals surface area (Å²) in [7, 11) is 0. The Labute approximate surface area is 126 Å². The highest BCUT2D eigenvalue weighted by molar-refractivity contribution is 5.47. The minimum absolute atomic E-state index is 0.209. The lowest BCUT2D eigenvalue weighted by Crippen LogP contribution is -2.12. The maximum absolute atomic E-state index is 8.97. The van der Waals surface area contributed by atoms with Crippen LogP contribution in [0, 0.1) is 12.8 Å². The summed E-state index contributed by atoms with van der Waals surface area (Å²) in [6.07, 6.45) is 3.35. The highest BCUT2D eigenvalue weighted by atomic mass is 16.2. The molecule has 0 radical (unpaired) electrons. The first-order valence-corrected chi connectivity index (χ1v) is 7.79. The van der Waals surface area contributed by atoms with Crippen molar-refractivity contribution in [2.24, 2.45) is 5.92 Å². The van der Waals surface area contributed by atoms with Crippen molar-refractivity contribution in [2.45, 2.75) is 32.2 Å². The molecule has 0 heterocycles. The summed E-state index contributed by atoms with van der Waals surface area (Å²) in [5.74, 6) is 0.754. The zero-order valence-electron chi connectivity index (χ0n) is 12.5. The molecule has 0 aromatic heterocycles. The Bertz CT molecular complexity index is 570. The Morgan fingerprint density at radius 2 is 1.71 bits per heavy atom. The molecule has 3 rings (SSSR count). The van der Waals surface area contributed by atoms with Crippen LogP contribution in [0.3, 0.4) is 0 Å². The van der Waals surface area contributed by atoms with E-state index in [0.29, 0.717) is 6.04 Å². The van der Waals surface area contributed by atoms with E-state index in [1.807, 2.05) is 0 Å². The van der Waals surface area contributed by atoms with Crippen molar-refractivity contribution in [3.63, 3.8) is 0 Å². The largest absolute Gasteiger partial charge is 0.396 e. The Morgan fingerprint density at radius 3 is 2.29 bits per heavy atom. The van der Waals surface area contributed by atoms with Gasteiger partial charge in [-0.05, 0) is 55.4 Å². The molecule has 2 aromatic carbocycles. The van der Waals surface area contributed by atoms with Crippen molar-refractivity contribution < 1.29 is 5.11 Å². The van der Waals surface area contributed by atoms with Gasteiger partial charge in [0.25, 0.3) is 0 Å². The first-order valence-electron chi connectivity index (χ1n) is 7.79. The number of aliphatic hydroxyl groups excluding tert-OH is 1. The number of rotatable bonds is 6. The van der Waals surface area contributed by atoms with Gasteiger partial charge in [0.15, 0.2) is 0 Å². The molecule has 1 fully saturated rings. The lowest BCUT2D eigenvalue weighted by Gasteiger charge is -2.20. The van der Waals surface area contributed by atoms with Gasteiger partial charge in [0.05, 0.1) is 6.04 Å². The maximum atomic E-state index is 8.97. The van der Waals surface area contributed by atoms with Crippen LogP contribution in [0.15, 0.2) is 48.5 Å². The Kier molecular flexibility index (Phi) is 4.26. The summed E-state index contributed by atoms with van der Waals surface area (Å²) in [6.45, 7) is 2.34. The monoisotopic (exact) mass is 281 g/mol. The van der Waals surface area contributed by atoms with Crippen LogP contribution in [0.25, 0.3) is 0 Å². The van der Waals surface area contributed by atoms with Gasteiger partial charge in [0.2, 0.25) is 0 Å². The molecule has 0 aliphatic heterocycles. The number of nitrogens with one attached hydrogen (secondary N) is 1. The zero-order valence-corrected chi connectivity index (χ0v) is 12.5. The molecule has 0 amide bonds. The van der Waals surface area contributed by atoms with E-state index in [9.17, 15) is 0 Å². The molecule has 2 N–H and O–H groups in total. The summed E-state index contributed by atoms with van der Waals surface area (Å²) < 4.78 is 0. The molecule has 1 aliphatic rings. The molecule has 2 nitrogen and oxygen atoms in total. The molecule has 1 unspecified atom stereocenters. The molecule has 1 aliphatic carbocycles. The van der Waals surface area contributed by atoms with Crippen molar-refractivity contribution in [1.82, 2.24) is 0 Å². The maximum Gasteiger partial charge on any atom is 0.0542 e. The van der Waals surface area contributed by atoms with Gasteiger partial charge in [-0.15, -0.1) is 0 Å². The normalized spacial score (nSPS) is 15.7. The molecular formula is C19H23NO. The standard InChI is InChI=1S/C19H23NO/c1-14-2-6-16(7-3-14)19(17-8-9-17)20-18-10-4-15(5-11-18)12-13-21/h2-7,10-11,17,19-21H,8-9,12-13H2,1H3. The third-order valence-electron chi connectivity index (χ3n) is 4.21. The Hall–Kier alpha value is -1.80. The molecule has 0 spiro atoms. The van der Waals surface area contributed by atoms with Crippen LogP contribution >= 0.6 is 0 Å². The molecule has 110 valence electrons. The van der Waals surface area contributed by atoms with Gasteiger partial charge in [-0.1, -0.05) is 42.0 Å². The van der Waals surface area contributed by atoms with Gasteiger partial charge in [-0.3, -0.25) is 0 Å². The molecule has 2 aromatic rings. The lowest BCUT2D eigenvalue weighted by molar-refractivity contribution is 0.299. The average molecular weight is 281 g/mol. The lowest BCUT2D eigenvalue weighted by atomic mass is 10.0. The summed E-state index contributed by atoms with van der Waals surface area (Å²) in [5.41, 5.74) is 5.03. The molecule has 0 saturated heterocycles. The Morgan fingerprint density at radius 1 is 1.05 bits per heavy atom. The first kappa shape index (κ1) is 14.2. The highest BCUT2D eigenvalue weighted by Gasteiger charge is 2.32. The quantitative estimate of drug-likeness (QED) is 0.835. The van der Waals surface area contributed by atoms with E-state index < -0.39 is 0 Å². The van der Waals surface area contributed by atoms with Crippen molar-refractivity contribution >= 4 is 5.69 Å². The van der Waals surface area contributed by atoms with Crippen molar-refractivity contribution in [2.75, 3.05) is 11.9 Å². The van der Waals surface area contributed by atoms with E-state index in [1.165, 1.54) is 29.5 Å². The van der Waals surface area contributed by atoms with Crippen LogP contribution in [-0.2, 0) is 6.42 Å². The number of aryl methyl sites for hydroxylation is 1. The van der Waals surface area contributed by atoms with E-state index in [2.05, 4.69) is 60.8 Å². The summed E-state index contributed by atoms with van der Waals surface area (Å²) in [5, 5.41) is 12.7. The number of hydrogen-bond donors (Lipinski definition) is 2. The fraction of sp³-hybridized carbons (Fsp3) is 0.368. The van der Waals surface area contributed by atoms with E-state index >= 15 is 0 Å². The number of hydrogen-bond acceptors (Lipinski definition) is 2. The van der Waals surface area contributed by atoms with E-state index in [4.69, 9.17) is 5.11 Å². The van der Waals surface area contributed by atoms with Gasteiger partial charge >= 0.3 is 0 Å². The second kappa shape index (κ2) is 6.31. The molecule has 2 heteroatoms. The van der Waals surface area contributed by atoms with Crippen LogP contribution < -0.4 is 5.32 Å². The fourth-order valence-corrected chi connectivity index (χ4v) is 2.75. The van der Waals surface area contributed by atoms with Gasteiger partial charge in [-0.25, -0.2) is 0 Å². The SMILES string of the molecule is Cc1ccc(C(Nc2ccc(CCO)cc2)C2CC2)cc1. The average Bonchev–Trinajstić information content (AvgIpc) is 3.33. The van der Waals surface area contributed by atoms with Crippen LogP contribution in [0.1, 0.15) is 35.6 Å². The molecule has 0 bridgehead atoms. The highest BCUT2D eigenvalue weighted by Crippen LogP contribution is 2.42. The van der Waals surface area contributed by atoms with Crippen molar-refractivity contribution in [3.8, 4) is 0 Å². The van der Waals surface area contributed by atoms with Crippen molar-refractivity contribution in [3.05, 3.63) is 65.2 Å². The van der Waals surface area contributed by atoms with Crippen LogP contribution in [0.2, 0.25) is 0 Å². The third-order valence-corrected chi connectivity index (χ3v) is 4.21.